The number of anilines is 1. The molecule has 4 rings (SSSR count). The first-order valence-corrected chi connectivity index (χ1v) is 10.8. The van der Waals surface area contributed by atoms with E-state index >= 15 is 0 Å². The lowest BCUT2D eigenvalue weighted by atomic mass is 9.87. The first-order chi connectivity index (χ1) is 14.8. The molecule has 1 aromatic carbocycles. The number of nitrogens with one attached hydrogen (secondary N) is 3. The number of carbonyl (C=O) groups is 3. The zero-order valence-electron chi connectivity index (χ0n) is 17.0. The van der Waals surface area contributed by atoms with Gasteiger partial charge in [-0.05, 0) is 37.6 Å². The Morgan fingerprint density at radius 2 is 1.94 bits per heavy atom. The van der Waals surface area contributed by atoms with Crippen molar-refractivity contribution in [1.82, 2.24) is 20.5 Å². The minimum Gasteiger partial charge on any atom is -0.367 e. The zero-order chi connectivity index (χ0) is 22.2. The second-order valence-corrected chi connectivity index (χ2v) is 8.80. The largest absolute Gasteiger partial charge is 0.367 e. The Labute approximate surface area is 189 Å². The number of hydrogen-bond acceptors (Lipinski definition) is 4. The van der Waals surface area contributed by atoms with Crippen LogP contribution in [0.15, 0.2) is 36.7 Å². The summed E-state index contributed by atoms with van der Waals surface area (Å²) in [4.78, 5) is 44.2. The van der Waals surface area contributed by atoms with Crippen molar-refractivity contribution in [2.75, 3.05) is 24.5 Å². The predicted molar refractivity (Wildman–Crippen MR) is 118 cm³/mol. The fourth-order valence-electron chi connectivity index (χ4n) is 4.33. The second kappa shape index (κ2) is 8.43. The average Bonchev–Trinajstić information content (AvgIpc) is 3.33. The van der Waals surface area contributed by atoms with Gasteiger partial charge in [0.1, 0.15) is 5.54 Å². The first kappa shape index (κ1) is 21.5. The van der Waals surface area contributed by atoms with E-state index in [2.05, 4.69) is 20.5 Å². The lowest BCUT2D eigenvalue weighted by molar-refractivity contribution is -0.133. The van der Waals surface area contributed by atoms with E-state index in [1.54, 1.807) is 29.4 Å². The van der Waals surface area contributed by atoms with Gasteiger partial charge in [-0.15, -0.1) is 0 Å². The van der Waals surface area contributed by atoms with Gasteiger partial charge < -0.3 is 20.1 Å². The van der Waals surface area contributed by atoms with Crippen molar-refractivity contribution in [2.24, 2.45) is 0 Å². The number of aromatic nitrogens is 1. The minimum atomic E-state index is -1.24. The van der Waals surface area contributed by atoms with Crippen molar-refractivity contribution in [1.29, 1.82) is 0 Å². The molecule has 0 spiro atoms. The maximum absolute atomic E-state index is 13.0. The van der Waals surface area contributed by atoms with Gasteiger partial charge in [0.2, 0.25) is 5.91 Å². The van der Waals surface area contributed by atoms with Gasteiger partial charge in [-0.3, -0.25) is 14.9 Å². The lowest BCUT2D eigenvalue weighted by Crippen LogP contribution is -2.54. The summed E-state index contributed by atoms with van der Waals surface area (Å²) in [5, 5.41) is 6.12. The number of aromatic amines is 1. The third-order valence-electron chi connectivity index (χ3n) is 5.91. The van der Waals surface area contributed by atoms with Crippen molar-refractivity contribution in [3.05, 3.63) is 52.3 Å². The third kappa shape index (κ3) is 4.22. The molecule has 31 heavy (non-hydrogen) atoms. The number of H-pyrrole nitrogens is 1. The van der Waals surface area contributed by atoms with Gasteiger partial charge in [0.05, 0.1) is 0 Å². The average molecular weight is 464 g/mol. The third-order valence-corrected chi connectivity index (χ3v) is 6.34. The van der Waals surface area contributed by atoms with Crippen LogP contribution >= 0.6 is 23.2 Å². The highest BCUT2D eigenvalue weighted by atomic mass is 35.5. The SMILES string of the molecule is C[C@H]1CN(C(=O)CCC2(c3cc[nH]c3)NC(=O)NC2=O)CCN1c1cc(Cl)cc(Cl)c1. The van der Waals surface area contributed by atoms with E-state index in [1.807, 2.05) is 19.1 Å². The summed E-state index contributed by atoms with van der Waals surface area (Å²) < 4.78 is 0. The van der Waals surface area contributed by atoms with Crippen LogP contribution in [0.2, 0.25) is 10.0 Å². The van der Waals surface area contributed by atoms with Crippen molar-refractivity contribution < 1.29 is 14.4 Å². The van der Waals surface area contributed by atoms with Crippen LogP contribution < -0.4 is 15.5 Å². The maximum Gasteiger partial charge on any atom is 0.322 e. The predicted octanol–water partition coefficient (Wildman–Crippen LogP) is 2.87. The zero-order valence-corrected chi connectivity index (χ0v) is 18.5. The fourth-order valence-corrected chi connectivity index (χ4v) is 4.84. The van der Waals surface area contributed by atoms with E-state index in [4.69, 9.17) is 23.2 Å². The summed E-state index contributed by atoms with van der Waals surface area (Å²) in [5.74, 6) is -0.500. The monoisotopic (exact) mass is 463 g/mol. The molecule has 4 amide bonds. The Bertz CT molecular complexity index is 992. The molecule has 0 saturated carbocycles. The normalized spacial score (nSPS) is 23.6. The van der Waals surface area contributed by atoms with Crippen LogP contribution in [0, 0.1) is 0 Å². The highest BCUT2D eigenvalue weighted by Crippen LogP contribution is 2.31. The highest BCUT2D eigenvalue weighted by Gasteiger charge is 2.48. The van der Waals surface area contributed by atoms with Crippen LogP contribution in [0.5, 0.6) is 0 Å². The molecule has 2 aliphatic rings. The fraction of sp³-hybridized carbons (Fsp3) is 0.381. The number of piperazine rings is 1. The highest BCUT2D eigenvalue weighted by molar-refractivity contribution is 6.35. The number of benzene rings is 1. The Morgan fingerprint density at radius 1 is 1.19 bits per heavy atom. The smallest absolute Gasteiger partial charge is 0.322 e. The summed E-state index contributed by atoms with van der Waals surface area (Å²) in [7, 11) is 0. The van der Waals surface area contributed by atoms with Crippen molar-refractivity contribution in [3.63, 3.8) is 0 Å². The van der Waals surface area contributed by atoms with Gasteiger partial charge in [-0.1, -0.05) is 23.2 Å². The number of rotatable bonds is 5. The van der Waals surface area contributed by atoms with Gasteiger partial charge in [0.15, 0.2) is 0 Å². The van der Waals surface area contributed by atoms with Crippen LogP contribution in [0.25, 0.3) is 0 Å². The number of amides is 4. The molecular formula is C21H23Cl2N5O3. The Balaban J connectivity index is 1.42. The molecule has 8 nitrogen and oxygen atoms in total. The topological polar surface area (TPSA) is 97.5 Å². The number of hydrogen-bond donors (Lipinski definition) is 3. The molecule has 0 aliphatic carbocycles. The number of halogens is 2. The molecule has 1 unspecified atom stereocenters. The summed E-state index contributed by atoms with van der Waals surface area (Å²) in [6, 6.07) is 6.66. The molecule has 0 radical (unpaired) electrons. The summed E-state index contributed by atoms with van der Waals surface area (Å²) >= 11 is 12.3. The standard InChI is InChI=1S/C21H23Cl2N5O3/c1-13-12-27(6-7-28(13)17-9-15(22)8-16(23)10-17)18(29)2-4-21(14-3-5-24-11-14)19(30)25-20(31)26-21/h3,5,8-11,13,24H,2,4,6-7,12H2,1H3,(H2,25,26,30,31)/t13-,21?/m0/s1. The van der Waals surface area contributed by atoms with Crippen molar-refractivity contribution >= 4 is 46.7 Å². The number of urea groups is 1. The Morgan fingerprint density at radius 3 is 2.52 bits per heavy atom. The maximum atomic E-state index is 13.0. The van der Waals surface area contributed by atoms with Gasteiger partial charge in [0, 0.05) is 65.8 Å². The quantitative estimate of drug-likeness (QED) is 0.593. The summed E-state index contributed by atoms with van der Waals surface area (Å²) in [5.41, 5.74) is 0.311. The molecule has 2 saturated heterocycles. The molecule has 10 heteroatoms. The van der Waals surface area contributed by atoms with E-state index in [-0.39, 0.29) is 24.8 Å². The lowest BCUT2D eigenvalue weighted by Gasteiger charge is -2.41. The number of carbonyl (C=O) groups excluding carboxylic acids is 3. The van der Waals surface area contributed by atoms with Crippen LogP contribution in [0.3, 0.4) is 0 Å². The molecule has 2 aromatic rings. The van der Waals surface area contributed by atoms with Crippen LogP contribution in [-0.2, 0) is 15.1 Å². The molecule has 3 heterocycles. The summed E-state index contributed by atoms with van der Waals surface area (Å²) in [6.45, 7) is 3.77. The molecule has 3 N–H and O–H groups in total. The van der Waals surface area contributed by atoms with Gasteiger partial charge in [0.25, 0.3) is 5.91 Å². The van der Waals surface area contributed by atoms with E-state index in [1.165, 1.54) is 0 Å². The van der Waals surface area contributed by atoms with Crippen LogP contribution in [-0.4, -0.2) is 53.4 Å². The van der Waals surface area contributed by atoms with E-state index in [0.29, 0.717) is 35.2 Å². The van der Waals surface area contributed by atoms with Gasteiger partial charge in [-0.25, -0.2) is 4.79 Å². The van der Waals surface area contributed by atoms with Crippen molar-refractivity contribution in [2.45, 2.75) is 31.3 Å². The molecule has 2 fully saturated rings. The van der Waals surface area contributed by atoms with Crippen LogP contribution in [0.4, 0.5) is 10.5 Å². The first-order valence-electron chi connectivity index (χ1n) is 10.1. The molecular weight excluding hydrogens is 441 g/mol. The Kier molecular flexibility index (Phi) is 5.85. The number of imide groups is 1. The van der Waals surface area contributed by atoms with Gasteiger partial charge in [-0.2, -0.15) is 0 Å². The van der Waals surface area contributed by atoms with E-state index in [0.717, 1.165) is 5.69 Å². The van der Waals surface area contributed by atoms with Gasteiger partial charge >= 0.3 is 6.03 Å². The van der Waals surface area contributed by atoms with E-state index in [9.17, 15) is 14.4 Å². The Hall–Kier alpha value is -2.71. The van der Waals surface area contributed by atoms with E-state index < -0.39 is 17.5 Å². The van der Waals surface area contributed by atoms with Crippen LogP contribution in [0.1, 0.15) is 25.3 Å². The van der Waals surface area contributed by atoms with Crippen molar-refractivity contribution in [3.8, 4) is 0 Å². The minimum absolute atomic E-state index is 0.0560. The second-order valence-electron chi connectivity index (χ2n) is 7.92. The molecule has 0 bridgehead atoms. The molecule has 2 aliphatic heterocycles. The summed E-state index contributed by atoms with van der Waals surface area (Å²) in [6.07, 6.45) is 3.65. The molecule has 164 valence electrons. The number of nitrogens with zero attached hydrogens (tertiary/aromatic N) is 2. The molecule has 2 atom stereocenters. The molecule has 1 aromatic heterocycles.